The molecular formula is C29H22N4O6S4. The Morgan fingerprint density at radius 1 is 0.651 bits per heavy atom. The van der Waals surface area contributed by atoms with Crippen LogP contribution in [0.3, 0.4) is 0 Å². The molecule has 0 atom stereocenters. The molecule has 0 unspecified atom stereocenters. The maximum absolute atomic E-state index is 11.9. The molecular weight excluding hydrogens is 629 g/mol. The highest BCUT2D eigenvalue weighted by Gasteiger charge is 2.22. The number of azo groups is 1. The first-order valence-electron chi connectivity index (χ1n) is 12.7. The highest BCUT2D eigenvalue weighted by Crippen LogP contribution is 2.37. The summed E-state index contributed by atoms with van der Waals surface area (Å²) in [5.74, 6) is 0. The lowest BCUT2D eigenvalue weighted by atomic mass is 10.1. The third-order valence-corrected chi connectivity index (χ3v) is 11.3. The van der Waals surface area contributed by atoms with Crippen LogP contribution in [-0.2, 0) is 26.8 Å². The Balaban J connectivity index is 1.16. The summed E-state index contributed by atoms with van der Waals surface area (Å²) in [4.78, 5) is 8.86. The van der Waals surface area contributed by atoms with Crippen molar-refractivity contribution in [3.05, 3.63) is 89.5 Å². The molecule has 0 aliphatic rings. The van der Waals surface area contributed by atoms with E-state index in [-0.39, 0.29) is 9.79 Å². The van der Waals surface area contributed by atoms with E-state index in [4.69, 9.17) is 0 Å². The van der Waals surface area contributed by atoms with Crippen molar-refractivity contribution in [2.75, 3.05) is 0 Å². The average Bonchev–Trinajstić information content (AvgIpc) is 3.56. The van der Waals surface area contributed by atoms with Gasteiger partial charge in [-0.25, -0.2) is 9.97 Å². The van der Waals surface area contributed by atoms with E-state index >= 15 is 0 Å². The quantitative estimate of drug-likeness (QED) is 0.132. The Morgan fingerprint density at radius 3 is 1.53 bits per heavy atom. The smallest absolute Gasteiger partial charge is 0.282 e. The van der Waals surface area contributed by atoms with E-state index in [1.165, 1.54) is 22.7 Å². The molecule has 0 bridgehead atoms. The molecule has 2 heterocycles. The van der Waals surface area contributed by atoms with Crippen molar-refractivity contribution in [2.45, 2.75) is 30.2 Å². The molecule has 10 nitrogen and oxygen atoms in total. The predicted molar refractivity (Wildman–Crippen MR) is 167 cm³/mol. The second-order valence-electron chi connectivity index (χ2n) is 9.75. The highest BCUT2D eigenvalue weighted by atomic mass is 32.2. The minimum atomic E-state index is -4.39. The fourth-order valence-corrected chi connectivity index (χ4v) is 9.28. The van der Waals surface area contributed by atoms with E-state index < -0.39 is 20.2 Å². The molecule has 6 aromatic rings. The number of hydrogen-bond acceptors (Lipinski definition) is 10. The van der Waals surface area contributed by atoms with Crippen molar-refractivity contribution in [3.63, 3.8) is 0 Å². The van der Waals surface area contributed by atoms with Crippen LogP contribution >= 0.6 is 22.7 Å². The third kappa shape index (κ3) is 5.85. The minimum Gasteiger partial charge on any atom is -0.282 e. The molecule has 218 valence electrons. The van der Waals surface area contributed by atoms with Gasteiger partial charge in [-0.15, -0.1) is 22.7 Å². The van der Waals surface area contributed by atoms with Gasteiger partial charge in [-0.1, -0.05) is 36.4 Å². The molecule has 6 rings (SSSR count). The zero-order valence-corrected chi connectivity index (χ0v) is 25.9. The normalized spacial score (nSPS) is 12.6. The summed E-state index contributed by atoms with van der Waals surface area (Å²) in [7, 11) is -8.77. The summed E-state index contributed by atoms with van der Waals surface area (Å²) >= 11 is 2.40. The van der Waals surface area contributed by atoms with Crippen LogP contribution in [-0.4, -0.2) is 35.9 Å². The lowest BCUT2D eigenvalue weighted by Crippen LogP contribution is -2.00. The van der Waals surface area contributed by atoms with E-state index in [1.54, 1.807) is 50.2 Å². The van der Waals surface area contributed by atoms with Gasteiger partial charge >= 0.3 is 0 Å². The number of hydrogen-bond donors (Lipinski definition) is 2. The van der Waals surface area contributed by atoms with Gasteiger partial charge in [0.05, 0.1) is 32.7 Å². The van der Waals surface area contributed by atoms with Gasteiger partial charge in [-0.3, -0.25) is 9.11 Å². The summed E-state index contributed by atoms with van der Waals surface area (Å²) in [5.41, 5.74) is 5.05. The van der Waals surface area contributed by atoms with Crippen LogP contribution in [0.4, 0.5) is 5.69 Å². The Bertz CT molecular complexity index is 2270. The first-order chi connectivity index (χ1) is 20.4. The topological polar surface area (TPSA) is 159 Å². The second kappa shape index (κ2) is 11.0. The summed E-state index contributed by atoms with van der Waals surface area (Å²) in [6, 6.07) is 21.5. The zero-order valence-electron chi connectivity index (χ0n) is 22.6. The minimum absolute atomic E-state index is 0.111. The molecule has 0 radical (unpaired) electrons. The lowest BCUT2D eigenvalue weighted by Gasteiger charge is -2.02. The van der Waals surface area contributed by atoms with Crippen molar-refractivity contribution in [1.29, 1.82) is 0 Å². The van der Waals surface area contributed by atoms with E-state index in [9.17, 15) is 25.9 Å². The summed E-state index contributed by atoms with van der Waals surface area (Å²) in [6.45, 7) is 3.60. The van der Waals surface area contributed by atoms with Crippen LogP contribution < -0.4 is 0 Å². The van der Waals surface area contributed by atoms with Gasteiger partial charge < -0.3 is 0 Å². The molecule has 0 amide bonds. The molecule has 0 aliphatic heterocycles. The third-order valence-electron chi connectivity index (χ3n) is 6.69. The first kappa shape index (κ1) is 29.2. The number of benzene rings is 4. The maximum atomic E-state index is 11.9. The molecule has 2 N–H and O–H groups in total. The van der Waals surface area contributed by atoms with E-state index in [2.05, 4.69) is 20.2 Å². The summed E-state index contributed by atoms with van der Waals surface area (Å²) in [6.07, 6.45) is 0. The van der Waals surface area contributed by atoms with Crippen molar-refractivity contribution in [2.24, 2.45) is 10.2 Å². The van der Waals surface area contributed by atoms with Crippen LogP contribution in [0.1, 0.15) is 16.7 Å². The molecule has 0 fully saturated rings. The maximum Gasteiger partial charge on any atom is 0.296 e. The number of aryl methyl sites for hydroxylation is 2. The lowest BCUT2D eigenvalue weighted by molar-refractivity contribution is 0.481. The second-order valence-corrected chi connectivity index (χ2v) is 14.5. The molecule has 2 aromatic heterocycles. The standard InChI is InChI=1S/C29H22N4O6S4/c1-16-3-13-22-24(26(16)42(34,35)36)40-28(31-22)19-7-5-18(6-8-19)15-30-33-21-11-9-20(10-12-21)29-32-23-14-4-17(2)27(25(23)41-29)43(37,38)39/h3-14H,15H2,1-2H3,(H,34,35,36)(H,37,38,39). The SMILES string of the molecule is Cc1ccc2nc(-c3ccc(CN=Nc4ccc(-c5nc6ccc(C)c(S(=O)(=O)O)c6s5)cc4)cc3)sc2c1S(=O)(=O)O. The van der Waals surface area contributed by atoms with Gasteiger partial charge in [0.1, 0.15) is 19.8 Å². The highest BCUT2D eigenvalue weighted by molar-refractivity contribution is 7.86. The van der Waals surface area contributed by atoms with Crippen molar-refractivity contribution < 1.29 is 25.9 Å². The number of nitrogens with zero attached hydrogens (tertiary/aromatic N) is 4. The van der Waals surface area contributed by atoms with Gasteiger partial charge in [-0.05, 0) is 66.9 Å². The molecule has 14 heteroatoms. The number of aromatic nitrogens is 2. The van der Waals surface area contributed by atoms with E-state index in [1.807, 2.05) is 36.4 Å². The fourth-order valence-electron chi connectivity index (χ4n) is 4.64. The molecule has 0 saturated heterocycles. The van der Waals surface area contributed by atoms with Crippen LogP contribution in [0.15, 0.2) is 92.8 Å². The zero-order chi connectivity index (χ0) is 30.5. The van der Waals surface area contributed by atoms with Gasteiger partial charge in [0, 0.05) is 11.1 Å². The molecule has 4 aromatic carbocycles. The predicted octanol–water partition coefficient (Wildman–Crippen LogP) is 7.63. The fraction of sp³-hybridized carbons (Fsp3) is 0.103. The van der Waals surface area contributed by atoms with Gasteiger partial charge in [0.25, 0.3) is 20.2 Å². The molecule has 0 aliphatic carbocycles. The van der Waals surface area contributed by atoms with Crippen molar-refractivity contribution in [3.8, 4) is 21.1 Å². The van der Waals surface area contributed by atoms with Crippen LogP contribution in [0.2, 0.25) is 0 Å². The van der Waals surface area contributed by atoms with E-state index in [0.717, 1.165) is 16.7 Å². The van der Waals surface area contributed by atoms with Gasteiger partial charge in [-0.2, -0.15) is 27.1 Å². The molecule has 0 saturated carbocycles. The van der Waals surface area contributed by atoms with E-state index in [0.29, 0.717) is 53.8 Å². The molecule has 43 heavy (non-hydrogen) atoms. The van der Waals surface area contributed by atoms with Crippen LogP contribution in [0.25, 0.3) is 41.6 Å². The van der Waals surface area contributed by atoms with Crippen LogP contribution in [0.5, 0.6) is 0 Å². The van der Waals surface area contributed by atoms with Crippen molar-refractivity contribution >= 4 is 69.0 Å². The largest absolute Gasteiger partial charge is 0.296 e. The summed E-state index contributed by atoms with van der Waals surface area (Å²) < 4.78 is 67.9. The number of thiazole rings is 2. The Hall–Kier alpha value is -3.92. The van der Waals surface area contributed by atoms with Crippen molar-refractivity contribution in [1.82, 2.24) is 9.97 Å². The van der Waals surface area contributed by atoms with Gasteiger partial charge in [0.2, 0.25) is 0 Å². The Labute approximate surface area is 254 Å². The number of rotatable bonds is 7. The van der Waals surface area contributed by atoms with Gasteiger partial charge in [0.15, 0.2) is 0 Å². The summed E-state index contributed by atoms with van der Waals surface area (Å²) in [5, 5.41) is 9.84. The van der Waals surface area contributed by atoms with Crippen LogP contribution in [0, 0.1) is 13.8 Å². The Kier molecular flexibility index (Phi) is 7.44. The molecule has 0 spiro atoms. The monoisotopic (exact) mass is 650 g/mol. The first-order valence-corrected chi connectivity index (χ1v) is 17.2. The Morgan fingerprint density at radius 2 is 1.09 bits per heavy atom. The number of fused-ring (bicyclic) bond motifs is 2. The average molecular weight is 651 g/mol.